The molecule has 1 heterocycles. The van der Waals surface area contributed by atoms with Gasteiger partial charge >= 0.3 is 5.97 Å². The predicted molar refractivity (Wildman–Crippen MR) is 67.7 cm³/mol. The van der Waals surface area contributed by atoms with Gasteiger partial charge in [0.25, 0.3) is 0 Å². The first-order valence-corrected chi connectivity index (χ1v) is 5.88. The highest BCUT2D eigenvalue weighted by molar-refractivity contribution is 5.94. The number of methoxy groups -OCH3 is 1. The third-order valence-electron chi connectivity index (χ3n) is 3.24. The highest BCUT2D eigenvalue weighted by Gasteiger charge is 2.24. The summed E-state index contributed by atoms with van der Waals surface area (Å²) in [6.07, 6.45) is 4.55. The lowest BCUT2D eigenvalue weighted by molar-refractivity contribution is 0.0698. The van der Waals surface area contributed by atoms with Crippen LogP contribution in [0, 0.1) is 0 Å². The van der Waals surface area contributed by atoms with Crippen LogP contribution in [0.5, 0.6) is 0 Å². The number of nitrogens with zero attached hydrogens (tertiary/aromatic N) is 1. The SMILES string of the molecule is COC1CCC(Nc2cc(C(=O)O)c(N)cn2)C1. The molecule has 2 unspecified atom stereocenters. The number of nitrogens with one attached hydrogen (secondary N) is 1. The van der Waals surface area contributed by atoms with Crippen molar-refractivity contribution in [1.82, 2.24) is 4.98 Å². The zero-order valence-corrected chi connectivity index (χ0v) is 10.2. The van der Waals surface area contributed by atoms with E-state index in [4.69, 9.17) is 15.6 Å². The van der Waals surface area contributed by atoms with Crippen molar-refractivity contribution < 1.29 is 14.6 Å². The molecule has 1 saturated carbocycles. The Labute approximate surface area is 105 Å². The van der Waals surface area contributed by atoms with Gasteiger partial charge in [0.1, 0.15) is 5.82 Å². The first-order valence-electron chi connectivity index (χ1n) is 5.88. The normalized spacial score (nSPS) is 22.9. The van der Waals surface area contributed by atoms with E-state index < -0.39 is 5.97 Å². The van der Waals surface area contributed by atoms with Crippen LogP contribution in [-0.2, 0) is 4.74 Å². The van der Waals surface area contributed by atoms with Gasteiger partial charge in [-0.15, -0.1) is 0 Å². The number of carboxylic acid groups (broad SMARTS) is 1. The van der Waals surface area contributed by atoms with E-state index in [2.05, 4.69) is 10.3 Å². The fourth-order valence-electron chi connectivity index (χ4n) is 2.22. The van der Waals surface area contributed by atoms with Gasteiger partial charge in [0.05, 0.1) is 23.6 Å². The van der Waals surface area contributed by atoms with Crippen LogP contribution < -0.4 is 11.1 Å². The van der Waals surface area contributed by atoms with Gasteiger partial charge in [-0.2, -0.15) is 0 Å². The quantitative estimate of drug-likeness (QED) is 0.747. The zero-order chi connectivity index (χ0) is 13.1. The van der Waals surface area contributed by atoms with Crippen LogP contribution in [0.15, 0.2) is 12.3 Å². The van der Waals surface area contributed by atoms with Crippen LogP contribution in [0.2, 0.25) is 0 Å². The maximum Gasteiger partial charge on any atom is 0.337 e. The molecule has 0 amide bonds. The number of pyridine rings is 1. The molecule has 0 bridgehead atoms. The molecule has 98 valence electrons. The van der Waals surface area contributed by atoms with E-state index in [0.29, 0.717) is 5.82 Å². The van der Waals surface area contributed by atoms with Gasteiger partial charge in [0.2, 0.25) is 0 Å². The molecule has 0 radical (unpaired) electrons. The summed E-state index contributed by atoms with van der Waals surface area (Å²) in [5, 5.41) is 12.2. The Balaban J connectivity index is 2.06. The van der Waals surface area contributed by atoms with Gasteiger partial charge in [0, 0.05) is 13.2 Å². The predicted octanol–water partition coefficient (Wildman–Crippen LogP) is 1.34. The minimum atomic E-state index is -1.04. The van der Waals surface area contributed by atoms with Gasteiger partial charge in [-0.05, 0) is 25.3 Å². The monoisotopic (exact) mass is 251 g/mol. The van der Waals surface area contributed by atoms with Crippen molar-refractivity contribution in [3.05, 3.63) is 17.8 Å². The Morgan fingerprint density at radius 1 is 1.61 bits per heavy atom. The molecule has 1 fully saturated rings. The number of aromatic nitrogens is 1. The van der Waals surface area contributed by atoms with E-state index in [1.54, 1.807) is 7.11 Å². The molecule has 1 aliphatic carbocycles. The van der Waals surface area contributed by atoms with Gasteiger partial charge in [-0.3, -0.25) is 0 Å². The molecule has 6 heteroatoms. The van der Waals surface area contributed by atoms with Crippen LogP contribution in [0.4, 0.5) is 11.5 Å². The minimum absolute atomic E-state index is 0.0776. The average molecular weight is 251 g/mol. The molecular formula is C12H17N3O3. The summed E-state index contributed by atoms with van der Waals surface area (Å²) >= 11 is 0. The molecular weight excluding hydrogens is 234 g/mol. The summed E-state index contributed by atoms with van der Waals surface area (Å²) in [5.74, 6) is -0.498. The van der Waals surface area contributed by atoms with Crippen LogP contribution in [0.25, 0.3) is 0 Å². The van der Waals surface area contributed by atoms with E-state index in [9.17, 15) is 4.79 Å². The van der Waals surface area contributed by atoms with Crippen molar-refractivity contribution in [2.24, 2.45) is 0 Å². The second-order valence-corrected chi connectivity index (χ2v) is 4.47. The second kappa shape index (κ2) is 5.22. The van der Waals surface area contributed by atoms with Crippen molar-refractivity contribution in [3.8, 4) is 0 Å². The largest absolute Gasteiger partial charge is 0.478 e. The van der Waals surface area contributed by atoms with Gasteiger partial charge < -0.3 is 20.9 Å². The molecule has 0 saturated heterocycles. The van der Waals surface area contributed by atoms with E-state index in [0.717, 1.165) is 19.3 Å². The number of hydrogen-bond acceptors (Lipinski definition) is 5. The molecule has 6 nitrogen and oxygen atoms in total. The minimum Gasteiger partial charge on any atom is -0.478 e. The Morgan fingerprint density at radius 3 is 3.00 bits per heavy atom. The topological polar surface area (TPSA) is 97.5 Å². The van der Waals surface area contributed by atoms with Crippen molar-refractivity contribution in [1.29, 1.82) is 0 Å². The van der Waals surface area contributed by atoms with Gasteiger partial charge in [-0.25, -0.2) is 9.78 Å². The third-order valence-corrected chi connectivity index (χ3v) is 3.24. The second-order valence-electron chi connectivity index (χ2n) is 4.47. The number of hydrogen-bond donors (Lipinski definition) is 3. The van der Waals surface area contributed by atoms with Crippen molar-refractivity contribution in [2.75, 3.05) is 18.2 Å². The van der Waals surface area contributed by atoms with E-state index in [1.807, 2.05) is 0 Å². The summed E-state index contributed by atoms with van der Waals surface area (Å²) in [4.78, 5) is 15.0. The number of anilines is 2. The smallest absolute Gasteiger partial charge is 0.337 e. The summed E-state index contributed by atoms with van der Waals surface area (Å²) in [5.41, 5.74) is 5.80. The summed E-state index contributed by atoms with van der Waals surface area (Å²) < 4.78 is 5.29. The van der Waals surface area contributed by atoms with Crippen LogP contribution in [0.1, 0.15) is 29.6 Å². The first-order chi connectivity index (χ1) is 8.60. The summed E-state index contributed by atoms with van der Waals surface area (Å²) in [6, 6.07) is 1.74. The maximum atomic E-state index is 11.0. The summed E-state index contributed by atoms with van der Waals surface area (Å²) in [6.45, 7) is 0. The molecule has 1 aliphatic rings. The zero-order valence-electron chi connectivity index (χ0n) is 10.2. The lowest BCUT2D eigenvalue weighted by atomic mass is 10.2. The number of aromatic carboxylic acids is 1. The Kier molecular flexibility index (Phi) is 3.66. The van der Waals surface area contributed by atoms with Crippen molar-refractivity contribution in [2.45, 2.75) is 31.4 Å². The lowest BCUT2D eigenvalue weighted by Gasteiger charge is -2.14. The number of carbonyl (C=O) groups is 1. The molecule has 0 aliphatic heterocycles. The molecule has 0 spiro atoms. The lowest BCUT2D eigenvalue weighted by Crippen LogP contribution is -2.18. The molecule has 0 aromatic carbocycles. The fraction of sp³-hybridized carbons (Fsp3) is 0.500. The first kappa shape index (κ1) is 12.6. The molecule has 2 atom stereocenters. The van der Waals surface area contributed by atoms with Crippen molar-refractivity contribution >= 4 is 17.5 Å². The molecule has 1 aromatic rings. The molecule has 18 heavy (non-hydrogen) atoms. The highest BCUT2D eigenvalue weighted by atomic mass is 16.5. The summed E-state index contributed by atoms with van der Waals surface area (Å²) in [7, 11) is 1.71. The number of nitrogens with two attached hydrogens (primary N) is 1. The number of nitrogen functional groups attached to an aromatic ring is 1. The number of ether oxygens (including phenoxy) is 1. The fourth-order valence-corrected chi connectivity index (χ4v) is 2.22. The standard InChI is InChI=1S/C12H17N3O3/c1-18-8-3-2-7(4-8)15-11-5-9(12(16)17)10(13)6-14-11/h5-8H,2-4,13H2,1H3,(H,14,15)(H,16,17). The number of rotatable bonds is 4. The molecule has 4 N–H and O–H groups in total. The molecule has 2 rings (SSSR count). The third kappa shape index (κ3) is 2.70. The maximum absolute atomic E-state index is 11.0. The van der Waals surface area contributed by atoms with Crippen LogP contribution in [0.3, 0.4) is 0 Å². The Morgan fingerprint density at radius 2 is 2.39 bits per heavy atom. The van der Waals surface area contributed by atoms with Gasteiger partial charge in [0.15, 0.2) is 0 Å². The average Bonchev–Trinajstić information content (AvgIpc) is 2.79. The van der Waals surface area contributed by atoms with Crippen molar-refractivity contribution in [3.63, 3.8) is 0 Å². The van der Waals surface area contributed by atoms with E-state index in [1.165, 1.54) is 12.3 Å². The number of carboxylic acids is 1. The van der Waals surface area contributed by atoms with E-state index in [-0.39, 0.29) is 23.4 Å². The van der Waals surface area contributed by atoms with Crippen LogP contribution >= 0.6 is 0 Å². The van der Waals surface area contributed by atoms with Gasteiger partial charge in [-0.1, -0.05) is 0 Å². The van der Waals surface area contributed by atoms with E-state index >= 15 is 0 Å². The Bertz CT molecular complexity index is 450. The highest BCUT2D eigenvalue weighted by Crippen LogP contribution is 2.25. The Hall–Kier alpha value is -1.82. The van der Waals surface area contributed by atoms with Crippen LogP contribution in [-0.4, -0.2) is 35.3 Å². The molecule has 1 aromatic heterocycles.